The monoisotopic (exact) mass is 264 g/mol. The van der Waals surface area contributed by atoms with Gasteiger partial charge in [0.15, 0.2) is 11.5 Å². The fourth-order valence-electron chi connectivity index (χ4n) is 2.51. The van der Waals surface area contributed by atoms with E-state index in [1.807, 2.05) is 24.3 Å². The van der Waals surface area contributed by atoms with Crippen molar-refractivity contribution in [3.8, 4) is 11.5 Å². The molecule has 0 unspecified atom stereocenters. The molecule has 3 heteroatoms. The lowest BCUT2D eigenvalue weighted by atomic mass is 10.1. The Labute approximate surface area is 116 Å². The Balaban J connectivity index is 1.77. The van der Waals surface area contributed by atoms with E-state index in [0.717, 1.165) is 37.7 Å². The molecule has 1 saturated heterocycles. The van der Waals surface area contributed by atoms with Crippen molar-refractivity contribution in [2.75, 3.05) is 32.8 Å². The molecule has 1 aromatic carbocycles. The van der Waals surface area contributed by atoms with Gasteiger partial charge in [-0.3, -0.25) is 0 Å². The first kappa shape index (κ1) is 14.2. The summed E-state index contributed by atoms with van der Waals surface area (Å²) in [5.74, 6) is 1.75. The minimum atomic E-state index is 0.748. The number of likely N-dealkylation sites (tertiary alicyclic amines) is 1. The van der Waals surface area contributed by atoms with Crippen molar-refractivity contribution in [2.45, 2.75) is 32.6 Å². The third-order valence-corrected chi connectivity index (χ3v) is 3.58. The fraction of sp³-hybridized carbons (Fsp3) is 0.625. The molecule has 0 aromatic heterocycles. The van der Waals surface area contributed by atoms with E-state index < -0.39 is 0 Å². The summed E-state index contributed by atoms with van der Waals surface area (Å²) in [5, 5.41) is 0. The van der Waals surface area contributed by atoms with Crippen LogP contribution in [0.4, 0.5) is 0 Å². The van der Waals surface area contributed by atoms with Crippen LogP contribution in [0, 0.1) is 0 Å². The van der Waals surface area contributed by atoms with Crippen LogP contribution in [0.3, 0.4) is 0 Å². The van der Waals surface area contributed by atoms with Gasteiger partial charge in [-0.15, -0.1) is 0 Å². The summed E-state index contributed by atoms with van der Waals surface area (Å²) in [6.07, 6.45) is 5.15. The lowest BCUT2D eigenvalue weighted by Crippen LogP contribution is -3.13. The van der Waals surface area contributed by atoms with Gasteiger partial charge in [-0.25, -0.2) is 0 Å². The number of benzene rings is 1. The summed E-state index contributed by atoms with van der Waals surface area (Å²) in [7, 11) is 0. The predicted molar refractivity (Wildman–Crippen MR) is 77.1 cm³/mol. The number of para-hydroxylation sites is 2. The molecule has 0 spiro atoms. The number of nitrogens with one attached hydrogen (secondary N) is 1. The van der Waals surface area contributed by atoms with E-state index >= 15 is 0 Å². The average Bonchev–Trinajstić information content (AvgIpc) is 2.47. The molecule has 1 N–H and O–H groups in total. The second-order valence-corrected chi connectivity index (χ2v) is 5.20. The van der Waals surface area contributed by atoms with Crippen LogP contribution in [-0.2, 0) is 0 Å². The molecular formula is C16H26NO2+. The molecule has 1 aromatic rings. The van der Waals surface area contributed by atoms with Crippen LogP contribution in [0.15, 0.2) is 24.3 Å². The zero-order valence-electron chi connectivity index (χ0n) is 12.0. The fourth-order valence-corrected chi connectivity index (χ4v) is 2.51. The first-order valence-electron chi connectivity index (χ1n) is 7.58. The molecule has 0 amide bonds. The minimum Gasteiger partial charge on any atom is -0.490 e. The highest BCUT2D eigenvalue weighted by Gasteiger charge is 2.13. The summed E-state index contributed by atoms with van der Waals surface area (Å²) < 4.78 is 11.6. The lowest BCUT2D eigenvalue weighted by Gasteiger charge is -2.23. The quantitative estimate of drug-likeness (QED) is 0.813. The number of rotatable bonds is 7. The third-order valence-electron chi connectivity index (χ3n) is 3.58. The number of quaternary nitrogens is 1. The maximum atomic E-state index is 5.89. The van der Waals surface area contributed by atoms with E-state index in [1.54, 1.807) is 4.90 Å². The molecule has 106 valence electrons. The zero-order chi connectivity index (χ0) is 13.3. The van der Waals surface area contributed by atoms with E-state index in [0.29, 0.717) is 0 Å². The van der Waals surface area contributed by atoms with E-state index in [1.165, 1.54) is 32.4 Å². The number of ether oxygens (including phenoxy) is 2. The molecule has 0 radical (unpaired) electrons. The maximum Gasteiger partial charge on any atom is 0.161 e. The Morgan fingerprint density at radius 3 is 2.21 bits per heavy atom. The van der Waals surface area contributed by atoms with Gasteiger partial charge >= 0.3 is 0 Å². The Morgan fingerprint density at radius 2 is 1.58 bits per heavy atom. The average molecular weight is 264 g/mol. The van der Waals surface area contributed by atoms with E-state index in [9.17, 15) is 0 Å². The van der Waals surface area contributed by atoms with Gasteiger partial charge in [0.1, 0.15) is 13.2 Å². The largest absolute Gasteiger partial charge is 0.490 e. The molecule has 19 heavy (non-hydrogen) atoms. The molecule has 3 nitrogen and oxygen atoms in total. The van der Waals surface area contributed by atoms with Gasteiger partial charge < -0.3 is 14.4 Å². The molecule has 0 aliphatic carbocycles. The highest BCUT2D eigenvalue weighted by molar-refractivity contribution is 5.39. The molecule has 0 bridgehead atoms. The van der Waals surface area contributed by atoms with Gasteiger partial charge in [0.2, 0.25) is 0 Å². The van der Waals surface area contributed by atoms with Crippen molar-refractivity contribution in [1.82, 2.24) is 0 Å². The SMILES string of the molecule is CCCOc1ccccc1OCC[NH+]1CCCCC1. The van der Waals surface area contributed by atoms with Crippen molar-refractivity contribution in [3.63, 3.8) is 0 Å². The molecule has 1 fully saturated rings. The lowest BCUT2D eigenvalue weighted by molar-refractivity contribution is -0.904. The highest BCUT2D eigenvalue weighted by Crippen LogP contribution is 2.26. The van der Waals surface area contributed by atoms with Gasteiger partial charge in [-0.05, 0) is 37.8 Å². The molecule has 1 heterocycles. The van der Waals surface area contributed by atoms with E-state index in [-0.39, 0.29) is 0 Å². The Bertz CT molecular complexity index is 362. The van der Waals surface area contributed by atoms with Gasteiger partial charge in [0, 0.05) is 0 Å². The van der Waals surface area contributed by atoms with E-state index in [2.05, 4.69) is 6.92 Å². The molecule has 0 saturated carbocycles. The minimum absolute atomic E-state index is 0.748. The Hall–Kier alpha value is -1.22. The first-order valence-corrected chi connectivity index (χ1v) is 7.58. The summed E-state index contributed by atoms with van der Waals surface area (Å²) in [4.78, 5) is 1.68. The Morgan fingerprint density at radius 1 is 0.947 bits per heavy atom. The molecule has 1 aliphatic heterocycles. The summed E-state index contributed by atoms with van der Waals surface area (Å²) >= 11 is 0. The zero-order valence-corrected chi connectivity index (χ0v) is 12.0. The molecule has 2 rings (SSSR count). The maximum absolute atomic E-state index is 5.89. The van der Waals surface area contributed by atoms with Gasteiger partial charge in [0.05, 0.1) is 19.7 Å². The third kappa shape index (κ3) is 4.75. The summed E-state index contributed by atoms with van der Waals surface area (Å²) in [6, 6.07) is 7.98. The van der Waals surface area contributed by atoms with Crippen molar-refractivity contribution in [1.29, 1.82) is 0 Å². The smallest absolute Gasteiger partial charge is 0.161 e. The van der Waals surface area contributed by atoms with Crippen molar-refractivity contribution >= 4 is 0 Å². The van der Waals surface area contributed by atoms with Crippen molar-refractivity contribution in [2.24, 2.45) is 0 Å². The normalized spacial score (nSPS) is 16.3. The summed E-state index contributed by atoms with van der Waals surface area (Å²) in [6.45, 7) is 7.35. The predicted octanol–water partition coefficient (Wildman–Crippen LogP) is 1.92. The van der Waals surface area contributed by atoms with Crippen LogP contribution in [0.2, 0.25) is 0 Å². The van der Waals surface area contributed by atoms with Gasteiger partial charge in [-0.2, -0.15) is 0 Å². The van der Waals surface area contributed by atoms with Gasteiger partial charge in [0.25, 0.3) is 0 Å². The van der Waals surface area contributed by atoms with Crippen LogP contribution in [-0.4, -0.2) is 32.8 Å². The first-order chi connectivity index (χ1) is 9.40. The van der Waals surface area contributed by atoms with Crippen LogP contribution in [0.1, 0.15) is 32.6 Å². The molecular weight excluding hydrogens is 238 g/mol. The van der Waals surface area contributed by atoms with Crippen molar-refractivity contribution in [3.05, 3.63) is 24.3 Å². The van der Waals surface area contributed by atoms with Crippen LogP contribution < -0.4 is 14.4 Å². The summed E-state index contributed by atoms with van der Waals surface area (Å²) in [5.41, 5.74) is 0. The molecule has 1 aliphatic rings. The second kappa shape index (κ2) is 8.05. The number of hydrogen-bond donors (Lipinski definition) is 1. The standard InChI is InChI=1S/C16H25NO2/c1-2-13-18-15-8-4-5-9-16(15)19-14-12-17-10-6-3-7-11-17/h4-5,8-9H,2-3,6-7,10-14H2,1H3/p+1. The van der Waals surface area contributed by atoms with E-state index in [4.69, 9.17) is 9.47 Å². The topological polar surface area (TPSA) is 22.9 Å². The van der Waals surface area contributed by atoms with Gasteiger partial charge in [-0.1, -0.05) is 19.1 Å². The van der Waals surface area contributed by atoms with Crippen molar-refractivity contribution < 1.29 is 14.4 Å². The highest BCUT2D eigenvalue weighted by atomic mass is 16.5. The second-order valence-electron chi connectivity index (χ2n) is 5.20. The number of hydrogen-bond acceptors (Lipinski definition) is 2. The number of piperidine rings is 1. The van der Waals surface area contributed by atoms with Crippen LogP contribution >= 0.6 is 0 Å². The Kier molecular flexibility index (Phi) is 6.02. The van der Waals surface area contributed by atoms with Crippen LogP contribution in [0.25, 0.3) is 0 Å². The molecule has 0 atom stereocenters. The van der Waals surface area contributed by atoms with Crippen LogP contribution in [0.5, 0.6) is 11.5 Å².